The van der Waals surface area contributed by atoms with Gasteiger partial charge in [-0.1, -0.05) is 28.1 Å². The monoisotopic (exact) mass is 305 g/mol. The number of nitro groups is 1. The Kier molecular flexibility index (Phi) is 4.89. The number of hydrogen-bond acceptors (Lipinski definition) is 3. The molecule has 0 aromatic heterocycles. The van der Waals surface area contributed by atoms with Crippen molar-refractivity contribution < 1.29 is 9.72 Å². The zero-order valence-corrected chi connectivity index (χ0v) is 10.6. The van der Waals surface area contributed by atoms with Gasteiger partial charge in [0.25, 0.3) is 5.69 Å². The van der Waals surface area contributed by atoms with Crippen LogP contribution in [0.1, 0.15) is 22.3 Å². The Morgan fingerprint density at radius 1 is 1.50 bits per heavy atom. The van der Waals surface area contributed by atoms with E-state index in [9.17, 15) is 14.9 Å². The molecular formula is C10H9BrClNO3. The summed E-state index contributed by atoms with van der Waals surface area (Å²) in [7, 11) is 0. The average Bonchev–Trinajstić information content (AvgIpc) is 2.28. The summed E-state index contributed by atoms with van der Waals surface area (Å²) < 4.78 is 0. The fraction of sp³-hybridized carbons (Fsp3) is 0.300. The predicted molar refractivity (Wildman–Crippen MR) is 65.4 cm³/mol. The molecule has 86 valence electrons. The average molecular weight is 307 g/mol. The van der Waals surface area contributed by atoms with Crippen LogP contribution in [-0.4, -0.2) is 16.0 Å². The minimum Gasteiger partial charge on any atom is -0.294 e. The first kappa shape index (κ1) is 13.1. The zero-order chi connectivity index (χ0) is 12.1. The molecule has 0 amide bonds. The zero-order valence-electron chi connectivity index (χ0n) is 8.28. The molecule has 0 aliphatic rings. The van der Waals surface area contributed by atoms with Gasteiger partial charge in [0.1, 0.15) is 0 Å². The lowest BCUT2D eigenvalue weighted by atomic mass is 10.1. The molecule has 0 saturated carbocycles. The number of alkyl halides is 2. The van der Waals surface area contributed by atoms with E-state index in [1.165, 1.54) is 12.1 Å². The molecule has 0 spiro atoms. The Morgan fingerprint density at radius 2 is 2.19 bits per heavy atom. The second kappa shape index (κ2) is 5.96. The molecule has 0 atom stereocenters. The van der Waals surface area contributed by atoms with Crippen LogP contribution in [0.25, 0.3) is 0 Å². The molecule has 6 heteroatoms. The lowest BCUT2D eigenvalue weighted by Gasteiger charge is -2.02. The number of nitro benzene ring substituents is 1. The smallest absolute Gasteiger partial charge is 0.274 e. The van der Waals surface area contributed by atoms with Gasteiger partial charge in [0, 0.05) is 28.9 Å². The maximum atomic E-state index is 11.5. The first-order chi connectivity index (χ1) is 7.60. The number of halogens is 2. The van der Waals surface area contributed by atoms with E-state index in [1.54, 1.807) is 6.07 Å². The molecule has 0 bridgehead atoms. The summed E-state index contributed by atoms with van der Waals surface area (Å²) in [5.41, 5.74) is 0.664. The third-order valence-corrected chi connectivity index (χ3v) is 2.75. The predicted octanol–water partition coefficient (Wildman–Crippen LogP) is 3.30. The maximum Gasteiger partial charge on any atom is 0.274 e. The quantitative estimate of drug-likeness (QED) is 0.363. The van der Waals surface area contributed by atoms with Crippen LogP contribution >= 0.6 is 27.5 Å². The van der Waals surface area contributed by atoms with Crippen LogP contribution < -0.4 is 0 Å². The highest BCUT2D eigenvalue weighted by Gasteiger charge is 2.16. The second-order valence-electron chi connectivity index (χ2n) is 3.10. The summed E-state index contributed by atoms with van der Waals surface area (Å²) in [6.45, 7) is 0. The van der Waals surface area contributed by atoms with E-state index < -0.39 is 4.92 Å². The minimum absolute atomic E-state index is 0.0588. The van der Waals surface area contributed by atoms with Crippen molar-refractivity contribution in [3.63, 3.8) is 0 Å². The summed E-state index contributed by atoms with van der Waals surface area (Å²) in [4.78, 5) is 21.7. The van der Waals surface area contributed by atoms with E-state index >= 15 is 0 Å². The van der Waals surface area contributed by atoms with Crippen molar-refractivity contribution in [1.29, 1.82) is 0 Å². The molecule has 0 aliphatic heterocycles. The normalized spacial score (nSPS) is 10.1. The Bertz CT molecular complexity index is 423. The first-order valence-corrected chi connectivity index (χ1v) is 6.18. The van der Waals surface area contributed by atoms with Gasteiger partial charge in [-0.2, -0.15) is 0 Å². The third kappa shape index (κ3) is 3.02. The molecule has 0 fully saturated rings. The van der Waals surface area contributed by atoms with E-state index in [2.05, 4.69) is 15.9 Å². The Balaban J connectivity index is 3.11. The number of ketones is 1. The van der Waals surface area contributed by atoms with Crippen molar-refractivity contribution in [3.05, 3.63) is 39.4 Å². The van der Waals surface area contributed by atoms with Gasteiger partial charge in [0.15, 0.2) is 5.78 Å². The SMILES string of the molecule is O=C(CCBr)c1ccc(CCl)c([N+](=O)[O-])c1. The van der Waals surface area contributed by atoms with Gasteiger partial charge in [-0.3, -0.25) is 14.9 Å². The molecule has 1 rings (SSSR count). The minimum atomic E-state index is -0.525. The maximum absolute atomic E-state index is 11.5. The summed E-state index contributed by atoms with van der Waals surface area (Å²) in [5, 5.41) is 11.3. The van der Waals surface area contributed by atoms with Crippen LogP contribution in [0.5, 0.6) is 0 Å². The van der Waals surface area contributed by atoms with Crippen molar-refractivity contribution in [1.82, 2.24) is 0 Å². The number of carbonyl (C=O) groups is 1. The molecule has 0 heterocycles. The first-order valence-electron chi connectivity index (χ1n) is 4.52. The lowest BCUT2D eigenvalue weighted by molar-refractivity contribution is -0.385. The van der Waals surface area contributed by atoms with Crippen molar-refractivity contribution >= 4 is 39.0 Å². The van der Waals surface area contributed by atoms with Crippen LogP contribution in [-0.2, 0) is 5.88 Å². The summed E-state index contributed by atoms with van der Waals surface area (Å²) in [5.74, 6) is -0.0652. The van der Waals surface area contributed by atoms with Crippen LogP contribution in [0, 0.1) is 10.1 Å². The van der Waals surface area contributed by atoms with E-state index in [0.29, 0.717) is 22.9 Å². The van der Waals surface area contributed by atoms with Crippen LogP contribution in [0.15, 0.2) is 18.2 Å². The third-order valence-electron chi connectivity index (χ3n) is 2.07. The van der Waals surface area contributed by atoms with Crippen molar-refractivity contribution in [3.8, 4) is 0 Å². The van der Waals surface area contributed by atoms with E-state index in [1.807, 2.05) is 0 Å². The highest BCUT2D eigenvalue weighted by Crippen LogP contribution is 2.22. The second-order valence-corrected chi connectivity index (χ2v) is 4.16. The van der Waals surface area contributed by atoms with Crippen LogP contribution in [0.2, 0.25) is 0 Å². The molecule has 1 aromatic rings. The molecule has 4 nitrogen and oxygen atoms in total. The van der Waals surface area contributed by atoms with Crippen LogP contribution in [0.3, 0.4) is 0 Å². The van der Waals surface area contributed by atoms with Crippen molar-refractivity contribution in [2.24, 2.45) is 0 Å². The van der Waals surface area contributed by atoms with Gasteiger partial charge in [0.2, 0.25) is 0 Å². The topological polar surface area (TPSA) is 60.2 Å². The number of benzene rings is 1. The van der Waals surface area contributed by atoms with Crippen molar-refractivity contribution in [2.45, 2.75) is 12.3 Å². The van der Waals surface area contributed by atoms with Crippen LogP contribution in [0.4, 0.5) is 5.69 Å². The Labute approximate surface area is 106 Å². The fourth-order valence-corrected chi connectivity index (χ4v) is 1.84. The van der Waals surface area contributed by atoms with Gasteiger partial charge in [-0.25, -0.2) is 0 Å². The molecule has 1 aromatic carbocycles. The Hall–Kier alpha value is -0.940. The molecular weight excluding hydrogens is 297 g/mol. The largest absolute Gasteiger partial charge is 0.294 e. The van der Waals surface area contributed by atoms with Gasteiger partial charge in [0.05, 0.1) is 10.8 Å². The summed E-state index contributed by atoms with van der Waals surface area (Å²) in [6, 6.07) is 4.37. The van der Waals surface area contributed by atoms with E-state index in [-0.39, 0.29) is 17.4 Å². The highest BCUT2D eigenvalue weighted by atomic mass is 79.9. The number of hydrogen-bond donors (Lipinski definition) is 0. The molecule has 16 heavy (non-hydrogen) atoms. The summed E-state index contributed by atoms with van der Waals surface area (Å²) in [6.07, 6.45) is 0.317. The van der Waals surface area contributed by atoms with Gasteiger partial charge >= 0.3 is 0 Å². The number of nitrogens with zero attached hydrogens (tertiary/aromatic N) is 1. The molecule has 0 saturated heterocycles. The van der Waals surface area contributed by atoms with Gasteiger partial charge in [-0.05, 0) is 0 Å². The number of carbonyl (C=O) groups excluding carboxylic acids is 1. The number of Topliss-reactive ketones (excluding diaryl/α,β-unsaturated/α-hetero) is 1. The molecule has 0 N–H and O–H groups in total. The highest BCUT2D eigenvalue weighted by molar-refractivity contribution is 9.09. The number of rotatable bonds is 5. The summed E-state index contributed by atoms with van der Waals surface area (Å²) >= 11 is 8.72. The Morgan fingerprint density at radius 3 is 2.69 bits per heavy atom. The molecule has 0 aliphatic carbocycles. The van der Waals surface area contributed by atoms with E-state index in [0.717, 1.165) is 0 Å². The van der Waals surface area contributed by atoms with Gasteiger partial charge < -0.3 is 0 Å². The van der Waals surface area contributed by atoms with E-state index in [4.69, 9.17) is 11.6 Å². The fourth-order valence-electron chi connectivity index (χ4n) is 1.25. The van der Waals surface area contributed by atoms with Gasteiger partial charge in [-0.15, -0.1) is 11.6 Å². The standard InChI is InChI=1S/C10H9BrClNO3/c11-4-3-10(14)7-1-2-8(6-12)9(5-7)13(15)16/h1-2,5H,3-4,6H2. The van der Waals surface area contributed by atoms with Crippen molar-refractivity contribution in [2.75, 3.05) is 5.33 Å². The molecule has 0 unspecified atom stereocenters. The lowest BCUT2D eigenvalue weighted by Crippen LogP contribution is -2.02. The molecule has 0 radical (unpaired) electrons.